The largest absolute Gasteiger partial charge is 0.378 e. The maximum atomic E-state index is 5.57. The molecule has 0 amide bonds. The van der Waals surface area contributed by atoms with Gasteiger partial charge in [-0.05, 0) is 119 Å². The second-order valence-corrected chi connectivity index (χ2v) is 16.3. The Morgan fingerprint density at radius 1 is 0.393 bits per heavy atom. The van der Waals surface area contributed by atoms with Crippen LogP contribution in [0, 0.1) is 0 Å². The molecular formula is C52H50N8Zn. The molecule has 0 saturated heterocycles. The van der Waals surface area contributed by atoms with E-state index in [1.807, 2.05) is 0 Å². The molecule has 0 aliphatic carbocycles. The first kappa shape index (κ1) is 41.1. The second kappa shape index (κ2) is 16.8. The number of fused-ring (bicyclic) bond motifs is 8. The number of aromatic nitrogens is 4. The zero-order valence-corrected chi connectivity index (χ0v) is 39.2. The van der Waals surface area contributed by atoms with E-state index >= 15 is 0 Å². The van der Waals surface area contributed by atoms with Crippen molar-refractivity contribution in [2.24, 2.45) is 0 Å². The predicted octanol–water partition coefficient (Wildman–Crippen LogP) is 11.3. The van der Waals surface area contributed by atoms with E-state index in [1.54, 1.807) is 0 Å². The van der Waals surface area contributed by atoms with Gasteiger partial charge in [0.15, 0.2) is 0 Å². The molecule has 0 unspecified atom stereocenters. The minimum absolute atomic E-state index is 0. The van der Waals surface area contributed by atoms with Gasteiger partial charge in [0.25, 0.3) is 0 Å². The molecular weight excluding hydrogens is 802 g/mol. The van der Waals surface area contributed by atoms with Crippen LogP contribution in [0.5, 0.6) is 0 Å². The van der Waals surface area contributed by atoms with Crippen LogP contribution in [0.1, 0.15) is 28.3 Å². The Morgan fingerprint density at radius 3 is 1.28 bits per heavy atom. The summed E-state index contributed by atoms with van der Waals surface area (Å²) in [5, 5.41) is 0. The van der Waals surface area contributed by atoms with E-state index in [9.17, 15) is 0 Å². The zero-order valence-electron chi connectivity index (χ0n) is 36.2. The average molecular weight is 852 g/mol. The minimum Gasteiger partial charge on any atom is -0.378 e. The normalized spacial score (nSPS) is 11.8. The van der Waals surface area contributed by atoms with Gasteiger partial charge in [-0.2, -0.15) is 0 Å². The number of rotatable bonds is 8. The van der Waals surface area contributed by atoms with Crippen molar-refractivity contribution < 1.29 is 19.5 Å². The van der Waals surface area contributed by atoms with Crippen LogP contribution in [-0.2, 0) is 19.5 Å². The zero-order chi connectivity index (χ0) is 41.7. The third-order valence-electron chi connectivity index (χ3n) is 11.3. The summed E-state index contributed by atoms with van der Waals surface area (Å²) in [5.41, 5.74) is 20.5. The Balaban J connectivity index is 0.00000514. The molecule has 2 aliphatic heterocycles. The van der Waals surface area contributed by atoms with Crippen molar-refractivity contribution in [3.05, 3.63) is 156 Å². The molecule has 0 saturated carbocycles. The number of benzene rings is 4. The summed E-state index contributed by atoms with van der Waals surface area (Å²) < 4.78 is 0. The van der Waals surface area contributed by atoms with Crippen LogP contribution in [0.3, 0.4) is 0 Å². The summed E-state index contributed by atoms with van der Waals surface area (Å²) in [6.07, 6.45) is 6.39. The van der Waals surface area contributed by atoms with Gasteiger partial charge >= 0.3 is 0 Å². The molecule has 0 radical (unpaired) electrons. The van der Waals surface area contributed by atoms with E-state index in [-0.39, 0.29) is 19.5 Å². The number of nitrogens with one attached hydrogen (secondary N) is 2. The van der Waals surface area contributed by atoms with Gasteiger partial charge in [0.05, 0.1) is 28.3 Å². The topological polar surface area (TPSA) is 70.3 Å². The van der Waals surface area contributed by atoms with Gasteiger partial charge in [-0.15, -0.1) is 0 Å². The van der Waals surface area contributed by atoms with Crippen LogP contribution in [-0.4, -0.2) is 76.3 Å². The Kier molecular flexibility index (Phi) is 11.3. The number of aromatic amines is 2. The van der Waals surface area contributed by atoms with Crippen molar-refractivity contribution in [3.63, 3.8) is 0 Å². The van der Waals surface area contributed by atoms with Crippen molar-refractivity contribution in [2.75, 3.05) is 76.0 Å². The molecule has 4 aromatic carbocycles. The maximum Gasteiger partial charge on any atom is 0.0815 e. The summed E-state index contributed by atoms with van der Waals surface area (Å²) in [4.78, 5) is 26.9. The second-order valence-electron chi connectivity index (χ2n) is 16.3. The van der Waals surface area contributed by atoms with Crippen LogP contribution in [0.4, 0.5) is 22.7 Å². The molecule has 61 heavy (non-hydrogen) atoms. The fourth-order valence-corrected chi connectivity index (χ4v) is 8.06. The van der Waals surface area contributed by atoms with Crippen LogP contribution in [0.25, 0.3) is 79.2 Å². The maximum absolute atomic E-state index is 5.57. The fraction of sp³-hybridized carbons (Fsp3) is 0.154. The van der Waals surface area contributed by atoms with Gasteiger partial charge in [0, 0.05) is 137 Å². The molecule has 7 aromatic rings. The van der Waals surface area contributed by atoms with Crippen molar-refractivity contribution in [2.45, 2.75) is 0 Å². The van der Waals surface area contributed by atoms with Crippen LogP contribution < -0.4 is 19.6 Å². The molecule has 300 valence electrons. The molecule has 5 heterocycles. The Morgan fingerprint density at radius 2 is 0.803 bits per heavy atom. The molecule has 0 fully saturated rings. The molecule has 3 aromatic heterocycles. The smallest absolute Gasteiger partial charge is 0.0815 e. The van der Waals surface area contributed by atoms with Crippen molar-refractivity contribution >= 4 is 68.6 Å². The molecule has 0 atom stereocenters. The Labute approximate surface area is 371 Å². The minimum atomic E-state index is 0. The molecule has 8 nitrogen and oxygen atoms in total. The van der Waals surface area contributed by atoms with Gasteiger partial charge in [0.1, 0.15) is 0 Å². The first-order valence-electron chi connectivity index (χ1n) is 20.3. The van der Waals surface area contributed by atoms with Gasteiger partial charge in [-0.25, -0.2) is 9.97 Å². The monoisotopic (exact) mass is 850 g/mol. The Bertz CT molecular complexity index is 2950. The molecule has 2 aliphatic rings. The number of hydrogen-bond acceptors (Lipinski definition) is 6. The van der Waals surface area contributed by atoms with Gasteiger partial charge in [-0.1, -0.05) is 48.5 Å². The van der Waals surface area contributed by atoms with E-state index in [4.69, 9.17) is 9.97 Å². The van der Waals surface area contributed by atoms with Gasteiger partial charge < -0.3 is 29.6 Å². The summed E-state index contributed by atoms with van der Waals surface area (Å²) in [5.74, 6) is 0. The van der Waals surface area contributed by atoms with E-state index in [2.05, 4.69) is 232 Å². The first-order valence-corrected chi connectivity index (χ1v) is 20.3. The quantitative estimate of drug-likeness (QED) is 0.148. The van der Waals surface area contributed by atoms with Crippen LogP contribution >= 0.6 is 0 Å². The predicted molar refractivity (Wildman–Crippen MR) is 257 cm³/mol. The third-order valence-corrected chi connectivity index (χ3v) is 11.3. The van der Waals surface area contributed by atoms with E-state index in [0.717, 1.165) is 112 Å². The van der Waals surface area contributed by atoms with Gasteiger partial charge in [0.2, 0.25) is 0 Å². The fourth-order valence-electron chi connectivity index (χ4n) is 8.06. The van der Waals surface area contributed by atoms with E-state index in [0.29, 0.717) is 0 Å². The number of hydrogen-bond donors (Lipinski definition) is 2. The molecule has 8 bridgehead atoms. The SMILES string of the molecule is CN(C)c1ccc(C2=Cc3cc4ccc(cc5nc(cc6[nH]c(c(-c7ccc(N(C)C)cc7)c2n3)c(-c2ccc(N(C)C)cc2)c6-c2ccc(N(C)C)cc2)C=C5)[nH]4)cc1.[Zn]. The summed E-state index contributed by atoms with van der Waals surface area (Å²) in [7, 11) is 16.6. The number of H-pyrrole nitrogens is 2. The van der Waals surface area contributed by atoms with Crippen molar-refractivity contribution in [1.29, 1.82) is 0 Å². The summed E-state index contributed by atoms with van der Waals surface area (Å²) in [6.45, 7) is 0. The third kappa shape index (κ3) is 8.14. The Hall–Kier alpha value is -6.70. The van der Waals surface area contributed by atoms with Crippen LogP contribution in [0.2, 0.25) is 0 Å². The number of nitrogens with zero attached hydrogens (tertiary/aromatic N) is 6. The molecule has 9 rings (SSSR count). The van der Waals surface area contributed by atoms with Gasteiger partial charge in [-0.3, -0.25) is 0 Å². The van der Waals surface area contributed by atoms with Crippen molar-refractivity contribution in [3.8, 4) is 33.4 Å². The van der Waals surface area contributed by atoms with Crippen LogP contribution in [0.15, 0.2) is 127 Å². The van der Waals surface area contributed by atoms with Crippen molar-refractivity contribution in [1.82, 2.24) is 19.9 Å². The first-order chi connectivity index (χ1) is 29.0. The van der Waals surface area contributed by atoms with E-state index < -0.39 is 0 Å². The summed E-state index contributed by atoms with van der Waals surface area (Å²) >= 11 is 0. The standard InChI is InChI=1S/C52H50N8.Zn/c1-57(2)42-21-9-33(10-22-42)46-31-41-30-39-18-17-37(53-39)29-38-19-20-40(54-38)32-47-48(34-11-23-43(24-12-34)58(3)4)49(35-13-25-44(26-14-35)59(5)6)52(56-47)50(51(46)55-41)36-15-27-45(28-16-36)60(7)8;/h9-32,53,56H,1-8H3;. The van der Waals surface area contributed by atoms with E-state index in [1.165, 1.54) is 0 Å². The number of anilines is 4. The molecule has 0 spiro atoms. The molecule has 9 heteroatoms. The summed E-state index contributed by atoms with van der Waals surface area (Å²) in [6, 6.07) is 46.0. The molecule has 2 N–H and O–H groups in total. The average Bonchev–Trinajstić information content (AvgIpc) is 4.06.